The molecule has 0 fully saturated rings. The number of allylic oxidation sites excluding steroid dienone is 1. The van der Waals surface area contributed by atoms with Crippen LogP contribution in [-0.4, -0.2) is 20.7 Å². The molecule has 0 radical (unpaired) electrons. The van der Waals surface area contributed by atoms with E-state index >= 15 is 0 Å². The summed E-state index contributed by atoms with van der Waals surface area (Å²) in [5, 5.41) is 2.48. The molecule has 0 unspecified atom stereocenters. The summed E-state index contributed by atoms with van der Waals surface area (Å²) in [7, 11) is 0. The summed E-state index contributed by atoms with van der Waals surface area (Å²) in [6.07, 6.45) is 4.90. The molecule has 0 bridgehead atoms. The minimum atomic E-state index is -0.162. The van der Waals surface area contributed by atoms with Gasteiger partial charge in [-0.25, -0.2) is 9.97 Å². The summed E-state index contributed by atoms with van der Waals surface area (Å²) in [5.74, 6) is 0.811. The summed E-state index contributed by atoms with van der Waals surface area (Å²) in [4.78, 5) is 25.8. The van der Waals surface area contributed by atoms with Crippen molar-refractivity contribution in [3.8, 4) is 11.1 Å². The maximum Gasteiger partial charge on any atom is 0.261 e. The first-order valence-corrected chi connectivity index (χ1v) is 12.6. The van der Waals surface area contributed by atoms with Crippen molar-refractivity contribution in [1.82, 2.24) is 15.0 Å². The van der Waals surface area contributed by atoms with Crippen LogP contribution in [0.25, 0.3) is 33.8 Å². The van der Waals surface area contributed by atoms with Crippen molar-refractivity contribution < 1.29 is 0 Å². The lowest BCUT2D eigenvalue weighted by Crippen LogP contribution is -2.16. The van der Waals surface area contributed by atoms with Crippen molar-refractivity contribution in [2.24, 2.45) is 0 Å². The average molecular weight is 494 g/mol. The lowest BCUT2D eigenvalue weighted by Gasteiger charge is -2.23. The number of hydrogen-bond donors (Lipinski definition) is 1. The molecule has 0 saturated carbocycles. The third kappa shape index (κ3) is 4.45. The summed E-state index contributed by atoms with van der Waals surface area (Å²) in [5.41, 5.74) is 6.36. The SMILES string of the molecule is CCSc1nc2nc3c(c(-c4ccc(Cl)cc4)c2c(=O)[nH]1)CCC/C3=C\c1ccc(Cl)cc1. The second-order valence-electron chi connectivity index (χ2n) is 7.90. The Morgan fingerprint density at radius 1 is 1.00 bits per heavy atom. The van der Waals surface area contributed by atoms with Crippen LogP contribution in [0.5, 0.6) is 0 Å². The number of pyridine rings is 1. The molecule has 7 heteroatoms. The predicted molar refractivity (Wildman–Crippen MR) is 139 cm³/mol. The molecule has 1 aliphatic carbocycles. The molecular formula is C26H21Cl2N3OS. The van der Waals surface area contributed by atoms with Gasteiger partial charge in [0.15, 0.2) is 10.8 Å². The maximum atomic E-state index is 13.2. The Balaban J connectivity index is 1.81. The van der Waals surface area contributed by atoms with E-state index in [0.29, 0.717) is 26.2 Å². The lowest BCUT2D eigenvalue weighted by molar-refractivity contribution is 0.813. The second-order valence-corrected chi connectivity index (χ2v) is 10.0. The molecule has 1 N–H and O–H groups in total. The Labute approximate surface area is 206 Å². The lowest BCUT2D eigenvalue weighted by atomic mass is 9.84. The van der Waals surface area contributed by atoms with Crippen LogP contribution in [-0.2, 0) is 6.42 Å². The van der Waals surface area contributed by atoms with Crippen LogP contribution in [0.1, 0.15) is 36.6 Å². The van der Waals surface area contributed by atoms with Crippen molar-refractivity contribution in [2.45, 2.75) is 31.3 Å². The van der Waals surface area contributed by atoms with Crippen LogP contribution >= 0.6 is 35.0 Å². The van der Waals surface area contributed by atoms with E-state index in [1.807, 2.05) is 55.5 Å². The summed E-state index contributed by atoms with van der Waals surface area (Å²) >= 11 is 13.7. The standard InChI is InChI=1S/C26H21Cl2N3OS/c1-2-33-26-30-24-22(25(32)31-26)21(16-8-12-19(28)13-9-16)20-5-3-4-17(23(20)29-24)14-15-6-10-18(27)11-7-15/h6-14H,2-5H2,1H3,(H,29,30,31,32)/b17-14+. The first kappa shape index (κ1) is 22.2. The van der Waals surface area contributed by atoms with Gasteiger partial charge in [-0.2, -0.15) is 0 Å². The Kier molecular flexibility index (Phi) is 6.28. The van der Waals surface area contributed by atoms with Gasteiger partial charge in [-0.15, -0.1) is 0 Å². The third-order valence-electron chi connectivity index (χ3n) is 5.74. The van der Waals surface area contributed by atoms with E-state index in [9.17, 15) is 4.79 Å². The van der Waals surface area contributed by atoms with Crippen LogP contribution in [0.3, 0.4) is 0 Å². The van der Waals surface area contributed by atoms with Crippen LogP contribution < -0.4 is 5.56 Å². The van der Waals surface area contributed by atoms with Crippen LogP contribution in [0.15, 0.2) is 58.5 Å². The van der Waals surface area contributed by atoms with Crippen LogP contribution in [0.2, 0.25) is 10.0 Å². The molecule has 33 heavy (non-hydrogen) atoms. The number of aromatic nitrogens is 3. The fourth-order valence-electron chi connectivity index (χ4n) is 4.31. The first-order valence-electron chi connectivity index (χ1n) is 10.9. The fourth-order valence-corrected chi connectivity index (χ4v) is 5.16. The number of nitrogens with one attached hydrogen (secondary N) is 1. The zero-order valence-corrected chi connectivity index (χ0v) is 20.3. The molecule has 0 amide bonds. The van der Waals surface area contributed by atoms with Gasteiger partial charge < -0.3 is 4.98 Å². The molecule has 166 valence electrons. The Morgan fingerprint density at radius 3 is 2.39 bits per heavy atom. The van der Waals surface area contributed by atoms with Gasteiger partial charge in [-0.3, -0.25) is 4.79 Å². The number of thioether (sulfide) groups is 1. The highest BCUT2D eigenvalue weighted by atomic mass is 35.5. The zero-order valence-electron chi connectivity index (χ0n) is 18.0. The number of halogens is 2. The van der Waals surface area contributed by atoms with Gasteiger partial charge >= 0.3 is 0 Å². The summed E-state index contributed by atoms with van der Waals surface area (Å²) < 4.78 is 0. The van der Waals surface area contributed by atoms with E-state index < -0.39 is 0 Å². The van der Waals surface area contributed by atoms with E-state index in [2.05, 4.69) is 11.1 Å². The first-order chi connectivity index (χ1) is 16.0. The molecule has 4 nitrogen and oxygen atoms in total. The normalized spacial score (nSPS) is 14.6. The quantitative estimate of drug-likeness (QED) is 0.239. The Hall–Kier alpha value is -2.60. The van der Waals surface area contributed by atoms with Gasteiger partial charge in [0.05, 0.1) is 11.1 Å². The zero-order chi connectivity index (χ0) is 22.9. The fraction of sp³-hybridized carbons (Fsp3) is 0.192. The maximum absolute atomic E-state index is 13.2. The third-order valence-corrected chi connectivity index (χ3v) is 7.00. The Bertz CT molecular complexity index is 1430. The van der Waals surface area contributed by atoms with Crippen molar-refractivity contribution in [1.29, 1.82) is 0 Å². The molecule has 0 saturated heterocycles. The van der Waals surface area contributed by atoms with E-state index in [-0.39, 0.29) is 5.56 Å². The number of aromatic amines is 1. The number of rotatable bonds is 4. The van der Waals surface area contributed by atoms with Crippen molar-refractivity contribution in [2.75, 3.05) is 5.75 Å². The van der Waals surface area contributed by atoms with Gasteiger partial charge in [0, 0.05) is 15.6 Å². The molecule has 2 aromatic carbocycles. The van der Waals surface area contributed by atoms with E-state index in [0.717, 1.165) is 58.5 Å². The minimum Gasteiger partial charge on any atom is -0.301 e. The molecule has 2 aromatic heterocycles. The summed E-state index contributed by atoms with van der Waals surface area (Å²) in [6.45, 7) is 2.03. The van der Waals surface area contributed by atoms with Crippen molar-refractivity contribution in [3.63, 3.8) is 0 Å². The predicted octanol–water partition coefficient (Wildman–Crippen LogP) is 7.28. The van der Waals surface area contributed by atoms with Gasteiger partial charge in [-0.1, -0.05) is 66.2 Å². The highest BCUT2D eigenvalue weighted by Gasteiger charge is 2.25. The van der Waals surface area contributed by atoms with Crippen molar-refractivity contribution in [3.05, 3.63) is 85.8 Å². The largest absolute Gasteiger partial charge is 0.301 e. The van der Waals surface area contributed by atoms with E-state index in [1.165, 1.54) is 11.8 Å². The van der Waals surface area contributed by atoms with Crippen LogP contribution in [0.4, 0.5) is 0 Å². The molecule has 1 aliphatic rings. The molecule has 2 heterocycles. The number of hydrogen-bond acceptors (Lipinski definition) is 4. The molecule has 5 rings (SSSR count). The van der Waals surface area contributed by atoms with E-state index in [1.54, 1.807) is 0 Å². The average Bonchev–Trinajstić information content (AvgIpc) is 2.80. The van der Waals surface area contributed by atoms with Gasteiger partial charge in [-0.05, 0) is 77.6 Å². The monoisotopic (exact) mass is 493 g/mol. The Morgan fingerprint density at radius 2 is 1.70 bits per heavy atom. The second kappa shape index (κ2) is 9.34. The van der Waals surface area contributed by atoms with E-state index in [4.69, 9.17) is 33.2 Å². The molecule has 0 atom stereocenters. The minimum absolute atomic E-state index is 0.162. The number of H-pyrrole nitrogens is 1. The number of fused-ring (bicyclic) bond motifs is 2. The van der Waals surface area contributed by atoms with Crippen LogP contribution in [0, 0.1) is 0 Å². The number of nitrogens with zero attached hydrogens (tertiary/aromatic N) is 2. The van der Waals surface area contributed by atoms with Gasteiger partial charge in [0.2, 0.25) is 0 Å². The van der Waals surface area contributed by atoms with Gasteiger partial charge in [0.1, 0.15) is 0 Å². The molecule has 4 aromatic rings. The number of benzene rings is 2. The highest BCUT2D eigenvalue weighted by Crippen LogP contribution is 2.40. The van der Waals surface area contributed by atoms with Gasteiger partial charge in [0.25, 0.3) is 5.56 Å². The smallest absolute Gasteiger partial charge is 0.261 e. The molecular weight excluding hydrogens is 473 g/mol. The molecule has 0 spiro atoms. The molecule has 0 aliphatic heterocycles. The topological polar surface area (TPSA) is 58.6 Å². The highest BCUT2D eigenvalue weighted by molar-refractivity contribution is 7.99. The van der Waals surface area contributed by atoms with Crippen molar-refractivity contribution >= 4 is 57.6 Å². The summed E-state index contributed by atoms with van der Waals surface area (Å²) in [6, 6.07) is 15.4.